The van der Waals surface area contributed by atoms with E-state index in [0.717, 1.165) is 25.5 Å². The van der Waals surface area contributed by atoms with Gasteiger partial charge in [0.05, 0.1) is 6.10 Å². The van der Waals surface area contributed by atoms with Crippen LogP contribution in [0, 0.1) is 5.82 Å². The van der Waals surface area contributed by atoms with Gasteiger partial charge in [-0.15, -0.1) is 0 Å². The maximum atomic E-state index is 13.3. The van der Waals surface area contributed by atoms with Crippen molar-refractivity contribution in [2.75, 3.05) is 19.8 Å². The van der Waals surface area contributed by atoms with E-state index in [0.29, 0.717) is 6.54 Å². The zero-order chi connectivity index (χ0) is 15.8. The molecule has 2 rings (SSSR count). The van der Waals surface area contributed by atoms with E-state index >= 15 is 0 Å². The van der Waals surface area contributed by atoms with Crippen molar-refractivity contribution < 1.29 is 23.5 Å². The van der Waals surface area contributed by atoms with Crippen LogP contribution in [0.5, 0.6) is 0 Å². The van der Waals surface area contributed by atoms with Crippen molar-refractivity contribution in [2.45, 2.75) is 18.9 Å². The molecule has 118 valence electrons. The molecule has 1 aromatic carbocycles. The molecule has 1 N–H and O–H groups in total. The molecule has 6 heteroatoms. The van der Waals surface area contributed by atoms with Crippen LogP contribution in [0.4, 0.5) is 4.39 Å². The molecular weight excluding hydrogens is 289 g/mol. The van der Waals surface area contributed by atoms with Crippen LogP contribution in [0.3, 0.4) is 0 Å². The van der Waals surface area contributed by atoms with Crippen LogP contribution in [-0.2, 0) is 19.1 Å². The molecule has 0 aromatic heterocycles. The summed E-state index contributed by atoms with van der Waals surface area (Å²) in [5.74, 6) is -1.51. The summed E-state index contributed by atoms with van der Waals surface area (Å²) < 4.78 is 23.5. The first-order valence-electron chi connectivity index (χ1n) is 7.13. The van der Waals surface area contributed by atoms with Crippen molar-refractivity contribution in [1.82, 2.24) is 5.32 Å². The van der Waals surface area contributed by atoms with Crippen LogP contribution in [0.15, 0.2) is 30.3 Å². The van der Waals surface area contributed by atoms with Crippen LogP contribution in [0.2, 0.25) is 0 Å². The molecule has 1 aliphatic rings. The number of hydrogen-bond donors (Lipinski definition) is 1. The average molecular weight is 307 g/mol. The van der Waals surface area contributed by atoms with Crippen LogP contribution >= 0.6 is 0 Å². The zero-order valence-corrected chi connectivity index (χ0v) is 12.1. The topological polar surface area (TPSA) is 64.6 Å². The number of amides is 1. The highest BCUT2D eigenvalue weighted by molar-refractivity contribution is 5.89. The Balaban J connectivity index is 1.68. The third-order valence-corrected chi connectivity index (χ3v) is 3.20. The van der Waals surface area contributed by atoms with Gasteiger partial charge in [-0.2, -0.15) is 0 Å². The fourth-order valence-electron chi connectivity index (χ4n) is 2.04. The van der Waals surface area contributed by atoms with Crippen LogP contribution < -0.4 is 5.32 Å². The SMILES string of the molecule is O=C(COC(=O)/C=C/c1ccccc1F)NC[C@@H]1CCCO1. The molecule has 1 aliphatic heterocycles. The highest BCUT2D eigenvalue weighted by Gasteiger charge is 2.16. The van der Waals surface area contributed by atoms with E-state index < -0.39 is 11.8 Å². The predicted octanol–water partition coefficient (Wildman–Crippen LogP) is 1.68. The molecule has 0 bridgehead atoms. The first kappa shape index (κ1) is 16.2. The summed E-state index contributed by atoms with van der Waals surface area (Å²) in [7, 11) is 0. The highest BCUT2D eigenvalue weighted by atomic mass is 19.1. The lowest BCUT2D eigenvalue weighted by molar-refractivity contribution is -0.143. The van der Waals surface area contributed by atoms with E-state index in [-0.39, 0.29) is 24.2 Å². The van der Waals surface area contributed by atoms with Gasteiger partial charge in [0.15, 0.2) is 6.61 Å². The Morgan fingerprint density at radius 1 is 1.41 bits per heavy atom. The summed E-state index contributed by atoms with van der Waals surface area (Å²) in [4.78, 5) is 23.0. The zero-order valence-electron chi connectivity index (χ0n) is 12.1. The van der Waals surface area contributed by atoms with Gasteiger partial charge in [0.25, 0.3) is 5.91 Å². The summed E-state index contributed by atoms with van der Waals surface area (Å²) >= 11 is 0. The number of carbonyl (C=O) groups is 2. The second-order valence-corrected chi connectivity index (χ2v) is 4.90. The van der Waals surface area contributed by atoms with Crippen molar-refractivity contribution >= 4 is 18.0 Å². The molecule has 1 amide bonds. The van der Waals surface area contributed by atoms with E-state index in [1.54, 1.807) is 12.1 Å². The monoisotopic (exact) mass is 307 g/mol. The van der Waals surface area contributed by atoms with Crippen LogP contribution in [0.1, 0.15) is 18.4 Å². The second kappa shape index (κ2) is 8.29. The molecule has 1 atom stereocenters. The molecule has 1 fully saturated rings. The molecule has 0 unspecified atom stereocenters. The number of benzene rings is 1. The molecule has 5 nitrogen and oxygen atoms in total. The van der Waals surface area contributed by atoms with Crippen LogP contribution in [-0.4, -0.2) is 37.7 Å². The quantitative estimate of drug-likeness (QED) is 0.641. The molecule has 0 radical (unpaired) electrons. The number of ether oxygens (including phenoxy) is 2. The lowest BCUT2D eigenvalue weighted by Crippen LogP contribution is -2.34. The second-order valence-electron chi connectivity index (χ2n) is 4.90. The van der Waals surface area contributed by atoms with E-state index in [2.05, 4.69) is 5.32 Å². The fraction of sp³-hybridized carbons (Fsp3) is 0.375. The van der Waals surface area contributed by atoms with Gasteiger partial charge < -0.3 is 14.8 Å². The van der Waals surface area contributed by atoms with E-state index in [4.69, 9.17) is 9.47 Å². The third kappa shape index (κ3) is 5.29. The first-order chi connectivity index (χ1) is 10.6. The molecule has 1 heterocycles. The summed E-state index contributed by atoms with van der Waals surface area (Å²) in [6.07, 6.45) is 4.36. The average Bonchev–Trinajstić information content (AvgIpc) is 3.03. The normalized spacial score (nSPS) is 17.6. The van der Waals surface area contributed by atoms with E-state index in [1.165, 1.54) is 18.2 Å². The van der Waals surface area contributed by atoms with Crippen molar-refractivity contribution in [2.24, 2.45) is 0 Å². The third-order valence-electron chi connectivity index (χ3n) is 3.20. The summed E-state index contributed by atoms with van der Waals surface area (Å²) in [5, 5.41) is 2.64. The Hall–Kier alpha value is -2.21. The Bertz CT molecular complexity index is 553. The molecule has 22 heavy (non-hydrogen) atoms. The van der Waals surface area contributed by atoms with Gasteiger partial charge in [-0.05, 0) is 25.0 Å². The van der Waals surface area contributed by atoms with Crippen molar-refractivity contribution in [3.63, 3.8) is 0 Å². The molecule has 0 aliphatic carbocycles. The fourth-order valence-corrected chi connectivity index (χ4v) is 2.04. The molecule has 1 saturated heterocycles. The Labute approximate surface area is 128 Å². The summed E-state index contributed by atoms with van der Waals surface area (Å²) in [5.41, 5.74) is 0.280. The lowest BCUT2D eigenvalue weighted by atomic mass is 10.2. The molecular formula is C16H18FNO4. The van der Waals surface area contributed by atoms with E-state index in [9.17, 15) is 14.0 Å². The Morgan fingerprint density at radius 2 is 2.23 bits per heavy atom. The van der Waals surface area contributed by atoms with Gasteiger partial charge in [-0.3, -0.25) is 4.79 Å². The van der Waals surface area contributed by atoms with Gasteiger partial charge in [0.1, 0.15) is 5.82 Å². The minimum Gasteiger partial charge on any atom is -0.452 e. The number of halogens is 1. The minimum atomic E-state index is -0.699. The number of hydrogen-bond acceptors (Lipinski definition) is 4. The van der Waals surface area contributed by atoms with Crippen molar-refractivity contribution in [1.29, 1.82) is 0 Å². The minimum absolute atomic E-state index is 0.0422. The number of carbonyl (C=O) groups excluding carboxylic acids is 2. The molecule has 1 aromatic rings. The predicted molar refractivity (Wildman–Crippen MR) is 78.4 cm³/mol. The largest absolute Gasteiger partial charge is 0.452 e. The van der Waals surface area contributed by atoms with Crippen molar-refractivity contribution in [3.05, 3.63) is 41.7 Å². The highest BCUT2D eigenvalue weighted by Crippen LogP contribution is 2.10. The van der Waals surface area contributed by atoms with Gasteiger partial charge in [-0.25, -0.2) is 9.18 Å². The molecule has 0 saturated carbocycles. The van der Waals surface area contributed by atoms with Crippen LogP contribution in [0.25, 0.3) is 6.08 Å². The smallest absolute Gasteiger partial charge is 0.331 e. The number of nitrogens with one attached hydrogen (secondary N) is 1. The maximum absolute atomic E-state index is 13.3. The molecule has 0 spiro atoms. The number of esters is 1. The maximum Gasteiger partial charge on any atom is 0.331 e. The number of rotatable bonds is 6. The van der Waals surface area contributed by atoms with Gasteiger partial charge >= 0.3 is 5.97 Å². The standard InChI is InChI=1S/C16H18FNO4/c17-14-6-2-1-4-12(14)7-8-16(20)22-11-15(19)18-10-13-5-3-9-21-13/h1-2,4,6-8,13H,3,5,9-11H2,(H,18,19)/b8-7+/t13-/m0/s1. The van der Waals surface area contributed by atoms with Gasteiger partial charge in [-0.1, -0.05) is 18.2 Å². The lowest BCUT2D eigenvalue weighted by Gasteiger charge is -2.10. The van der Waals surface area contributed by atoms with Gasteiger partial charge in [0, 0.05) is 24.8 Å². The summed E-state index contributed by atoms with van der Waals surface area (Å²) in [6, 6.07) is 6.05. The van der Waals surface area contributed by atoms with Gasteiger partial charge in [0.2, 0.25) is 0 Å². The van der Waals surface area contributed by atoms with E-state index in [1.807, 2.05) is 0 Å². The first-order valence-corrected chi connectivity index (χ1v) is 7.13. The van der Waals surface area contributed by atoms with Crippen molar-refractivity contribution in [3.8, 4) is 0 Å². The Morgan fingerprint density at radius 3 is 2.95 bits per heavy atom. The summed E-state index contributed by atoms with van der Waals surface area (Å²) in [6.45, 7) is 0.769. The Kier molecular flexibility index (Phi) is 6.09.